The van der Waals surface area contributed by atoms with Gasteiger partial charge in [0.05, 0.1) is 12.0 Å². The predicted molar refractivity (Wildman–Crippen MR) is 83.9 cm³/mol. The van der Waals surface area contributed by atoms with E-state index in [4.69, 9.17) is 0 Å². The van der Waals surface area contributed by atoms with Crippen LogP contribution < -0.4 is 5.43 Å². The number of nitrogens with zero attached hydrogens (tertiary/aromatic N) is 3. The third kappa shape index (κ3) is 2.28. The Labute approximate surface area is 135 Å². The minimum atomic E-state index is -0.394. The Kier molecular flexibility index (Phi) is 3.66. The standard InChI is InChI=1S/C17H22N4O2/c1-20-15-13(14(19-20)11-6-5-9-18-10-11)16(22)21(17(15)23)12-7-3-2-4-8-12/h5-6,9-10,12-15,19H,2-4,7-8H2,1H3/t13-,14+,15-/m0/s1. The molecule has 1 saturated carbocycles. The van der Waals surface area contributed by atoms with Crippen molar-refractivity contribution in [2.45, 2.75) is 50.2 Å². The van der Waals surface area contributed by atoms with Crippen LogP contribution in [-0.2, 0) is 9.59 Å². The highest BCUT2D eigenvalue weighted by molar-refractivity contribution is 6.08. The quantitative estimate of drug-likeness (QED) is 0.833. The van der Waals surface area contributed by atoms with E-state index >= 15 is 0 Å². The number of hydrogen-bond donors (Lipinski definition) is 1. The molecule has 3 atom stereocenters. The molecule has 2 saturated heterocycles. The van der Waals surface area contributed by atoms with Gasteiger partial charge in [-0.25, -0.2) is 10.4 Å². The first-order valence-corrected chi connectivity index (χ1v) is 8.44. The Morgan fingerprint density at radius 2 is 1.96 bits per heavy atom. The van der Waals surface area contributed by atoms with Crippen LogP contribution in [0.3, 0.4) is 0 Å². The summed E-state index contributed by atoms with van der Waals surface area (Å²) in [5, 5.41) is 1.81. The van der Waals surface area contributed by atoms with Gasteiger partial charge in [0.25, 0.3) is 0 Å². The van der Waals surface area contributed by atoms with Crippen molar-refractivity contribution in [3.05, 3.63) is 30.1 Å². The number of carbonyl (C=O) groups is 2. The summed E-state index contributed by atoms with van der Waals surface area (Å²) >= 11 is 0. The average molecular weight is 314 g/mol. The molecule has 4 rings (SSSR count). The minimum Gasteiger partial charge on any atom is -0.278 e. The summed E-state index contributed by atoms with van der Waals surface area (Å²) in [4.78, 5) is 31.7. The Balaban J connectivity index is 1.65. The largest absolute Gasteiger partial charge is 0.278 e. The lowest BCUT2D eigenvalue weighted by Gasteiger charge is -2.31. The van der Waals surface area contributed by atoms with Crippen molar-refractivity contribution < 1.29 is 9.59 Å². The van der Waals surface area contributed by atoms with Crippen molar-refractivity contribution in [1.29, 1.82) is 0 Å². The fraction of sp³-hybridized carbons (Fsp3) is 0.588. The van der Waals surface area contributed by atoms with Gasteiger partial charge in [-0.2, -0.15) is 0 Å². The van der Waals surface area contributed by atoms with E-state index in [0.29, 0.717) is 0 Å². The summed E-state index contributed by atoms with van der Waals surface area (Å²) in [7, 11) is 1.85. The summed E-state index contributed by atoms with van der Waals surface area (Å²) in [6.45, 7) is 0. The van der Waals surface area contributed by atoms with Gasteiger partial charge in [-0.3, -0.25) is 19.5 Å². The maximum Gasteiger partial charge on any atom is 0.249 e. The van der Waals surface area contributed by atoms with Crippen molar-refractivity contribution in [1.82, 2.24) is 20.3 Å². The number of pyridine rings is 1. The van der Waals surface area contributed by atoms with Crippen molar-refractivity contribution in [2.24, 2.45) is 5.92 Å². The molecule has 0 unspecified atom stereocenters. The number of likely N-dealkylation sites (N-methyl/N-ethyl adjacent to an activating group) is 1. The highest BCUT2D eigenvalue weighted by Crippen LogP contribution is 2.41. The molecule has 2 aliphatic heterocycles. The van der Waals surface area contributed by atoms with E-state index in [-0.39, 0.29) is 29.8 Å². The van der Waals surface area contributed by atoms with E-state index in [9.17, 15) is 9.59 Å². The van der Waals surface area contributed by atoms with Gasteiger partial charge >= 0.3 is 0 Å². The second-order valence-electron chi connectivity index (χ2n) is 6.81. The number of hydrazine groups is 1. The lowest BCUT2D eigenvalue weighted by atomic mass is 9.91. The van der Waals surface area contributed by atoms with Crippen LogP contribution in [0.25, 0.3) is 0 Å². The van der Waals surface area contributed by atoms with E-state index < -0.39 is 6.04 Å². The number of aromatic nitrogens is 1. The Morgan fingerprint density at radius 3 is 2.65 bits per heavy atom. The molecule has 3 heterocycles. The number of rotatable bonds is 2. The normalized spacial score (nSPS) is 32.6. The van der Waals surface area contributed by atoms with Gasteiger partial charge in [-0.05, 0) is 24.5 Å². The zero-order chi connectivity index (χ0) is 16.0. The summed E-state index contributed by atoms with van der Waals surface area (Å²) in [5.41, 5.74) is 4.24. The van der Waals surface area contributed by atoms with Crippen LogP contribution in [0.15, 0.2) is 24.5 Å². The van der Waals surface area contributed by atoms with Gasteiger partial charge < -0.3 is 0 Å². The van der Waals surface area contributed by atoms with Crippen LogP contribution in [-0.4, -0.2) is 45.8 Å². The van der Waals surface area contributed by atoms with E-state index in [2.05, 4.69) is 10.4 Å². The molecule has 3 aliphatic rings. The number of nitrogens with one attached hydrogen (secondary N) is 1. The van der Waals surface area contributed by atoms with Gasteiger partial charge in [0, 0.05) is 25.5 Å². The van der Waals surface area contributed by atoms with E-state index in [0.717, 1.165) is 31.2 Å². The number of likely N-dealkylation sites (tertiary alicyclic amines) is 1. The number of fused-ring (bicyclic) bond motifs is 1. The highest BCUT2D eigenvalue weighted by atomic mass is 16.2. The highest BCUT2D eigenvalue weighted by Gasteiger charge is 2.58. The van der Waals surface area contributed by atoms with Gasteiger partial charge in [0.1, 0.15) is 6.04 Å². The van der Waals surface area contributed by atoms with Crippen molar-refractivity contribution in [3.8, 4) is 0 Å². The van der Waals surface area contributed by atoms with Crippen LogP contribution in [0.5, 0.6) is 0 Å². The molecular weight excluding hydrogens is 292 g/mol. The van der Waals surface area contributed by atoms with E-state index in [1.165, 1.54) is 6.42 Å². The zero-order valence-corrected chi connectivity index (χ0v) is 13.3. The van der Waals surface area contributed by atoms with Gasteiger partial charge in [0.2, 0.25) is 11.8 Å². The predicted octanol–water partition coefficient (Wildman–Crippen LogP) is 1.26. The van der Waals surface area contributed by atoms with Crippen LogP contribution >= 0.6 is 0 Å². The number of imide groups is 1. The second kappa shape index (κ2) is 5.69. The Hall–Kier alpha value is -1.79. The average Bonchev–Trinajstić information content (AvgIpc) is 3.06. The smallest absolute Gasteiger partial charge is 0.249 e. The first-order valence-electron chi connectivity index (χ1n) is 8.44. The van der Waals surface area contributed by atoms with E-state index in [1.807, 2.05) is 24.2 Å². The molecule has 1 aliphatic carbocycles. The molecule has 1 aromatic heterocycles. The second-order valence-corrected chi connectivity index (χ2v) is 6.81. The van der Waals surface area contributed by atoms with Crippen molar-refractivity contribution in [2.75, 3.05) is 7.05 Å². The van der Waals surface area contributed by atoms with Crippen molar-refractivity contribution in [3.63, 3.8) is 0 Å². The number of carbonyl (C=O) groups excluding carboxylic acids is 2. The van der Waals surface area contributed by atoms with Crippen molar-refractivity contribution >= 4 is 11.8 Å². The molecule has 6 heteroatoms. The molecule has 2 amide bonds. The molecule has 0 spiro atoms. The molecule has 1 N–H and O–H groups in total. The zero-order valence-electron chi connectivity index (χ0n) is 13.3. The molecular formula is C17H22N4O2. The number of hydrogen-bond acceptors (Lipinski definition) is 5. The third-order valence-electron chi connectivity index (χ3n) is 5.46. The molecule has 0 aromatic carbocycles. The number of amides is 2. The Bertz CT molecular complexity index is 614. The fourth-order valence-electron chi connectivity index (χ4n) is 4.35. The van der Waals surface area contributed by atoms with Gasteiger partial charge in [-0.15, -0.1) is 0 Å². The maximum atomic E-state index is 13.0. The summed E-state index contributed by atoms with van der Waals surface area (Å²) in [6, 6.07) is 3.35. The lowest BCUT2D eigenvalue weighted by Crippen LogP contribution is -2.47. The molecule has 0 radical (unpaired) electrons. The molecule has 0 bridgehead atoms. The summed E-state index contributed by atoms with van der Waals surface area (Å²) < 4.78 is 0. The third-order valence-corrected chi connectivity index (χ3v) is 5.46. The first kappa shape index (κ1) is 14.8. The monoisotopic (exact) mass is 314 g/mol. The maximum absolute atomic E-state index is 13.0. The van der Waals surface area contributed by atoms with E-state index in [1.54, 1.807) is 17.3 Å². The summed E-state index contributed by atoms with van der Waals surface area (Å²) in [5.74, 6) is -0.399. The topological polar surface area (TPSA) is 65.5 Å². The first-order chi connectivity index (χ1) is 11.2. The van der Waals surface area contributed by atoms with Crippen LogP contribution in [0, 0.1) is 5.92 Å². The van der Waals surface area contributed by atoms with Crippen LogP contribution in [0.4, 0.5) is 0 Å². The van der Waals surface area contributed by atoms with Crippen LogP contribution in [0.1, 0.15) is 43.7 Å². The minimum absolute atomic E-state index is 0.0161. The molecule has 1 aromatic rings. The SMILES string of the molecule is CN1N[C@H](c2cccnc2)[C@@H]2C(=O)N(C3CCCCC3)C(=O)[C@H]21. The van der Waals surface area contributed by atoms with Gasteiger partial charge in [0.15, 0.2) is 0 Å². The molecule has 122 valence electrons. The fourth-order valence-corrected chi connectivity index (χ4v) is 4.35. The molecule has 23 heavy (non-hydrogen) atoms. The Morgan fingerprint density at radius 1 is 1.17 bits per heavy atom. The van der Waals surface area contributed by atoms with Crippen LogP contribution in [0.2, 0.25) is 0 Å². The molecule has 3 fully saturated rings. The summed E-state index contributed by atoms with van der Waals surface area (Å²) in [6.07, 6.45) is 8.81. The lowest BCUT2D eigenvalue weighted by molar-refractivity contribution is -0.144. The van der Waals surface area contributed by atoms with Gasteiger partial charge in [-0.1, -0.05) is 25.3 Å². The molecule has 6 nitrogen and oxygen atoms in total.